The number of benzene rings is 1. The number of nitrogens with zero attached hydrogens (tertiary/aromatic N) is 1. The molecule has 1 aliphatic rings. The summed E-state index contributed by atoms with van der Waals surface area (Å²) in [5, 5.41) is 16.4. The number of rotatable bonds is 10. The van der Waals surface area contributed by atoms with Gasteiger partial charge in [-0.2, -0.15) is 0 Å². The highest BCUT2D eigenvalue weighted by Gasteiger charge is 2.31. The standard InChI is InChI=1S/C22H35N3O2.HI/c1-3-16-27-20-11-7-6-10-19(20)17-24-21(23-4-2)25-18-22(14-15-26)12-8-5-9-13-22;/h3,6-7,10-11,26H,1,4-5,8-9,12-18H2,2H3,(H2,23,24,25);1H. The van der Waals surface area contributed by atoms with Crippen molar-refractivity contribution in [1.82, 2.24) is 10.6 Å². The van der Waals surface area contributed by atoms with Crippen molar-refractivity contribution in [3.63, 3.8) is 0 Å². The minimum absolute atomic E-state index is 0. The predicted molar refractivity (Wildman–Crippen MR) is 128 cm³/mol. The molecule has 0 bridgehead atoms. The van der Waals surface area contributed by atoms with Crippen LogP contribution in [0.25, 0.3) is 0 Å². The van der Waals surface area contributed by atoms with Crippen molar-refractivity contribution in [3.05, 3.63) is 42.5 Å². The molecule has 1 fully saturated rings. The van der Waals surface area contributed by atoms with Crippen molar-refractivity contribution >= 4 is 29.9 Å². The lowest BCUT2D eigenvalue weighted by molar-refractivity contribution is 0.131. The SMILES string of the molecule is C=CCOc1ccccc1CN=C(NCC)NCC1(CCO)CCCCC1.I. The maximum atomic E-state index is 9.51. The third kappa shape index (κ3) is 7.99. The van der Waals surface area contributed by atoms with Crippen LogP contribution < -0.4 is 15.4 Å². The summed E-state index contributed by atoms with van der Waals surface area (Å²) in [6, 6.07) is 7.98. The monoisotopic (exact) mass is 501 g/mol. The first-order valence-electron chi connectivity index (χ1n) is 10.2. The summed E-state index contributed by atoms with van der Waals surface area (Å²) < 4.78 is 5.73. The van der Waals surface area contributed by atoms with Gasteiger partial charge in [0.05, 0.1) is 6.54 Å². The van der Waals surface area contributed by atoms with Crippen molar-refractivity contribution in [1.29, 1.82) is 0 Å². The summed E-state index contributed by atoms with van der Waals surface area (Å²) in [5.74, 6) is 1.67. The lowest BCUT2D eigenvalue weighted by Gasteiger charge is -2.37. The van der Waals surface area contributed by atoms with E-state index in [1.165, 1.54) is 32.1 Å². The molecule has 0 heterocycles. The number of nitrogens with one attached hydrogen (secondary N) is 2. The molecule has 0 unspecified atom stereocenters. The molecule has 6 heteroatoms. The molecule has 28 heavy (non-hydrogen) atoms. The first kappa shape index (κ1) is 24.8. The van der Waals surface area contributed by atoms with Gasteiger partial charge in [0, 0.05) is 25.3 Å². The van der Waals surface area contributed by atoms with E-state index >= 15 is 0 Å². The average Bonchev–Trinajstić information content (AvgIpc) is 2.70. The van der Waals surface area contributed by atoms with Crippen LogP contribution >= 0.6 is 24.0 Å². The van der Waals surface area contributed by atoms with Crippen LogP contribution in [0, 0.1) is 5.41 Å². The molecular formula is C22H36IN3O2. The number of hydrogen-bond acceptors (Lipinski definition) is 3. The van der Waals surface area contributed by atoms with Crippen LogP contribution in [0.15, 0.2) is 41.9 Å². The third-order valence-electron chi connectivity index (χ3n) is 5.27. The van der Waals surface area contributed by atoms with Gasteiger partial charge in [0.15, 0.2) is 5.96 Å². The first-order chi connectivity index (χ1) is 13.2. The Balaban J connectivity index is 0.00000392. The molecule has 1 aliphatic carbocycles. The zero-order valence-corrected chi connectivity index (χ0v) is 19.4. The largest absolute Gasteiger partial charge is 0.489 e. The number of ether oxygens (including phenoxy) is 1. The summed E-state index contributed by atoms with van der Waals surface area (Å²) in [6.07, 6.45) is 8.78. The fraction of sp³-hybridized carbons (Fsp3) is 0.591. The molecule has 3 N–H and O–H groups in total. The molecule has 0 spiro atoms. The van der Waals surface area contributed by atoms with E-state index in [9.17, 15) is 5.11 Å². The van der Waals surface area contributed by atoms with E-state index in [-0.39, 0.29) is 36.0 Å². The number of aliphatic hydroxyl groups excluding tert-OH is 1. The average molecular weight is 501 g/mol. The Hall–Kier alpha value is -1.28. The Bertz CT molecular complexity index is 596. The highest BCUT2D eigenvalue weighted by molar-refractivity contribution is 14.0. The normalized spacial score (nSPS) is 16.0. The molecule has 0 aliphatic heterocycles. The fourth-order valence-corrected chi connectivity index (χ4v) is 3.76. The molecule has 0 amide bonds. The van der Waals surface area contributed by atoms with Gasteiger partial charge >= 0.3 is 0 Å². The van der Waals surface area contributed by atoms with Crippen LogP contribution in [-0.4, -0.2) is 37.4 Å². The smallest absolute Gasteiger partial charge is 0.191 e. The van der Waals surface area contributed by atoms with Crippen LogP contribution in [0.2, 0.25) is 0 Å². The van der Waals surface area contributed by atoms with E-state index in [0.717, 1.165) is 36.8 Å². The summed E-state index contributed by atoms with van der Waals surface area (Å²) in [7, 11) is 0. The molecule has 0 radical (unpaired) electrons. The Morgan fingerprint density at radius 3 is 2.68 bits per heavy atom. The lowest BCUT2D eigenvalue weighted by Crippen LogP contribution is -2.44. The summed E-state index contributed by atoms with van der Waals surface area (Å²) in [6.45, 7) is 8.74. The van der Waals surface area contributed by atoms with Crippen LogP contribution in [0.3, 0.4) is 0 Å². The Morgan fingerprint density at radius 2 is 2.00 bits per heavy atom. The molecular weight excluding hydrogens is 465 g/mol. The van der Waals surface area contributed by atoms with Crippen molar-refractivity contribution in [2.45, 2.75) is 52.0 Å². The number of hydrogen-bond donors (Lipinski definition) is 3. The number of halogens is 1. The van der Waals surface area contributed by atoms with Crippen molar-refractivity contribution in [2.75, 3.05) is 26.3 Å². The second kappa shape index (κ2) is 13.8. The molecule has 1 aromatic rings. The van der Waals surface area contributed by atoms with Gasteiger partial charge in [-0.25, -0.2) is 4.99 Å². The van der Waals surface area contributed by atoms with E-state index < -0.39 is 0 Å². The molecule has 1 saturated carbocycles. The number of para-hydroxylation sites is 1. The molecule has 0 aromatic heterocycles. The number of aliphatic imine (C=N–C) groups is 1. The van der Waals surface area contributed by atoms with Crippen molar-refractivity contribution in [2.24, 2.45) is 10.4 Å². The van der Waals surface area contributed by atoms with Gasteiger partial charge in [-0.1, -0.05) is 50.1 Å². The van der Waals surface area contributed by atoms with Gasteiger partial charge in [-0.3, -0.25) is 0 Å². The maximum Gasteiger partial charge on any atom is 0.191 e. The van der Waals surface area contributed by atoms with Crippen LogP contribution in [0.5, 0.6) is 5.75 Å². The second-order valence-corrected chi connectivity index (χ2v) is 7.29. The topological polar surface area (TPSA) is 65.9 Å². The van der Waals surface area contributed by atoms with Gasteiger partial charge in [0.2, 0.25) is 0 Å². The molecule has 0 saturated heterocycles. The fourth-order valence-electron chi connectivity index (χ4n) is 3.76. The Kier molecular flexibility index (Phi) is 12.2. The van der Waals surface area contributed by atoms with Gasteiger partial charge < -0.3 is 20.5 Å². The van der Waals surface area contributed by atoms with E-state index in [4.69, 9.17) is 9.73 Å². The molecule has 0 atom stereocenters. The minimum Gasteiger partial charge on any atom is -0.489 e. The van der Waals surface area contributed by atoms with E-state index in [1.807, 2.05) is 24.3 Å². The quantitative estimate of drug-likeness (QED) is 0.194. The summed E-state index contributed by atoms with van der Waals surface area (Å²) in [4.78, 5) is 4.75. The number of guanidine groups is 1. The van der Waals surface area contributed by atoms with E-state index in [2.05, 4.69) is 24.1 Å². The minimum atomic E-state index is 0. The first-order valence-corrected chi connectivity index (χ1v) is 10.2. The molecule has 1 aromatic carbocycles. The van der Waals surface area contributed by atoms with E-state index in [1.54, 1.807) is 6.08 Å². The van der Waals surface area contributed by atoms with E-state index in [0.29, 0.717) is 13.2 Å². The summed E-state index contributed by atoms with van der Waals surface area (Å²) in [5.41, 5.74) is 1.24. The third-order valence-corrected chi connectivity index (χ3v) is 5.27. The van der Waals surface area contributed by atoms with Gasteiger partial charge in [0.25, 0.3) is 0 Å². The van der Waals surface area contributed by atoms with Crippen LogP contribution in [0.4, 0.5) is 0 Å². The van der Waals surface area contributed by atoms with Gasteiger partial charge in [-0.05, 0) is 37.7 Å². The number of aliphatic hydroxyl groups is 1. The van der Waals surface area contributed by atoms with Crippen molar-refractivity contribution < 1.29 is 9.84 Å². The lowest BCUT2D eigenvalue weighted by atomic mass is 9.72. The van der Waals surface area contributed by atoms with Crippen LogP contribution in [0.1, 0.15) is 51.0 Å². The highest BCUT2D eigenvalue weighted by Crippen LogP contribution is 2.38. The zero-order valence-electron chi connectivity index (χ0n) is 17.1. The highest BCUT2D eigenvalue weighted by atomic mass is 127. The summed E-state index contributed by atoms with van der Waals surface area (Å²) >= 11 is 0. The van der Waals surface area contributed by atoms with Gasteiger partial charge in [0.1, 0.15) is 12.4 Å². The second-order valence-electron chi connectivity index (χ2n) is 7.29. The van der Waals surface area contributed by atoms with Crippen molar-refractivity contribution in [3.8, 4) is 5.75 Å². The Labute approximate surface area is 187 Å². The molecule has 5 nitrogen and oxygen atoms in total. The Morgan fingerprint density at radius 1 is 1.25 bits per heavy atom. The van der Waals surface area contributed by atoms with Gasteiger partial charge in [-0.15, -0.1) is 24.0 Å². The molecule has 2 rings (SSSR count). The zero-order chi connectivity index (χ0) is 19.4. The maximum absolute atomic E-state index is 9.51. The predicted octanol–water partition coefficient (Wildman–Crippen LogP) is 4.26. The van der Waals surface area contributed by atoms with Crippen LogP contribution in [-0.2, 0) is 6.54 Å². The molecule has 158 valence electrons.